The summed E-state index contributed by atoms with van der Waals surface area (Å²) < 4.78 is 26.4. The van der Waals surface area contributed by atoms with Gasteiger partial charge in [-0.3, -0.25) is 13.9 Å². The summed E-state index contributed by atoms with van der Waals surface area (Å²) >= 11 is 0. The van der Waals surface area contributed by atoms with Crippen LogP contribution in [-0.4, -0.2) is 50.5 Å². The fourth-order valence-electron chi connectivity index (χ4n) is 4.01. The summed E-state index contributed by atoms with van der Waals surface area (Å²) in [6, 6.07) is 12.8. The van der Waals surface area contributed by atoms with Gasteiger partial charge in [-0.05, 0) is 69.4 Å². The van der Waals surface area contributed by atoms with E-state index in [1.54, 1.807) is 17.9 Å². The number of amides is 2. The molecule has 0 radical (unpaired) electrons. The summed E-state index contributed by atoms with van der Waals surface area (Å²) in [6.45, 7) is 10.8. The Kier molecular flexibility index (Phi) is 11.0. The molecule has 0 saturated heterocycles. The van der Waals surface area contributed by atoms with Crippen molar-refractivity contribution in [3.8, 4) is 0 Å². The molecule has 0 spiro atoms. The maximum atomic E-state index is 13.4. The van der Waals surface area contributed by atoms with Gasteiger partial charge in [0, 0.05) is 26.1 Å². The maximum Gasteiger partial charge on any atom is 0.242 e. The minimum absolute atomic E-state index is 0.134. The van der Waals surface area contributed by atoms with Crippen molar-refractivity contribution in [2.45, 2.75) is 72.9 Å². The van der Waals surface area contributed by atoms with E-state index in [9.17, 15) is 18.0 Å². The zero-order valence-electron chi connectivity index (χ0n) is 22.5. The number of aryl methyl sites for hydroxylation is 3. The molecular weight excluding hydrogens is 474 g/mol. The number of anilines is 1. The highest BCUT2D eigenvalue weighted by atomic mass is 32.2. The highest BCUT2D eigenvalue weighted by molar-refractivity contribution is 7.92. The molecule has 0 aromatic heterocycles. The molecule has 0 aliphatic carbocycles. The lowest BCUT2D eigenvalue weighted by Gasteiger charge is -2.29. The molecule has 198 valence electrons. The molecule has 2 amide bonds. The number of sulfonamides is 1. The number of hydrogen-bond acceptors (Lipinski definition) is 4. The Hall–Kier alpha value is -2.87. The first-order chi connectivity index (χ1) is 16.9. The first-order valence-electron chi connectivity index (χ1n) is 12.6. The second-order valence-corrected chi connectivity index (χ2v) is 11.4. The van der Waals surface area contributed by atoms with Crippen molar-refractivity contribution >= 4 is 27.5 Å². The fourth-order valence-corrected chi connectivity index (χ4v) is 4.97. The third-order valence-electron chi connectivity index (χ3n) is 6.36. The number of benzene rings is 2. The van der Waals surface area contributed by atoms with Gasteiger partial charge in [0.15, 0.2) is 0 Å². The van der Waals surface area contributed by atoms with Gasteiger partial charge < -0.3 is 10.2 Å². The second-order valence-electron chi connectivity index (χ2n) is 9.54. The highest BCUT2D eigenvalue weighted by Gasteiger charge is 2.26. The Morgan fingerprint density at radius 2 is 1.72 bits per heavy atom. The van der Waals surface area contributed by atoms with Crippen LogP contribution < -0.4 is 9.62 Å². The van der Waals surface area contributed by atoms with E-state index in [2.05, 4.69) is 12.2 Å². The lowest BCUT2D eigenvalue weighted by Crippen LogP contribution is -2.48. The number of rotatable bonds is 13. The van der Waals surface area contributed by atoms with Crippen LogP contribution in [0.1, 0.15) is 61.8 Å². The molecule has 8 heteroatoms. The minimum Gasteiger partial charge on any atom is -0.354 e. The molecule has 1 N–H and O–H groups in total. The average Bonchev–Trinajstić information content (AvgIpc) is 2.81. The van der Waals surface area contributed by atoms with Crippen molar-refractivity contribution in [3.05, 3.63) is 64.7 Å². The van der Waals surface area contributed by atoms with E-state index in [1.165, 1.54) is 10.6 Å². The van der Waals surface area contributed by atoms with Crippen molar-refractivity contribution in [1.29, 1.82) is 0 Å². The topological polar surface area (TPSA) is 86.8 Å². The summed E-state index contributed by atoms with van der Waals surface area (Å²) in [6.07, 6.45) is 3.50. The number of carbonyl (C=O) groups is 2. The molecule has 0 fully saturated rings. The Morgan fingerprint density at radius 3 is 2.33 bits per heavy atom. The molecular formula is C28H41N3O4S. The molecule has 36 heavy (non-hydrogen) atoms. The Labute approximate surface area is 216 Å². The molecule has 0 saturated carbocycles. The highest BCUT2D eigenvalue weighted by Crippen LogP contribution is 2.22. The van der Waals surface area contributed by atoms with Crippen LogP contribution in [0.3, 0.4) is 0 Å². The lowest BCUT2D eigenvalue weighted by atomic mass is 10.1. The zero-order chi connectivity index (χ0) is 26.9. The van der Waals surface area contributed by atoms with E-state index in [-0.39, 0.29) is 24.8 Å². The van der Waals surface area contributed by atoms with Crippen molar-refractivity contribution in [3.63, 3.8) is 0 Å². The van der Waals surface area contributed by atoms with Crippen LogP contribution in [0.5, 0.6) is 0 Å². The van der Waals surface area contributed by atoms with Crippen LogP contribution in [0, 0.1) is 20.8 Å². The number of nitrogens with zero attached hydrogens (tertiary/aromatic N) is 2. The van der Waals surface area contributed by atoms with Crippen LogP contribution in [0.4, 0.5) is 5.69 Å². The molecule has 2 aromatic carbocycles. The van der Waals surface area contributed by atoms with E-state index in [4.69, 9.17) is 0 Å². The largest absolute Gasteiger partial charge is 0.354 e. The second kappa shape index (κ2) is 13.4. The summed E-state index contributed by atoms with van der Waals surface area (Å²) in [7, 11) is -3.52. The molecule has 0 aliphatic rings. The third kappa shape index (κ3) is 8.66. The number of carbonyl (C=O) groups excluding carboxylic acids is 2. The molecule has 0 bridgehead atoms. The molecule has 2 aromatic rings. The normalized spacial score (nSPS) is 12.2. The standard InChI is InChI=1S/C28H41N3O4S/c1-7-8-16-29-28(33)24(5)30(20-25-12-9-11-21(2)18-25)27(32)13-10-17-31(36(6,34)35)26-15-14-22(3)23(4)19-26/h9,11-12,14-15,18-19,24H,7-8,10,13,16-17,20H2,1-6H3,(H,29,33)/t24-/m0/s1. The van der Waals surface area contributed by atoms with E-state index >= 15 is 0 Å². The SMILES string of the molecule is CCCCNC(=O)[C@H](C)N(Cc1cccc(C)c1)C(=O)CCCN(c1ccc(C)c(C)c1)S(C)(=O)=O. The average molecular weight is 516 g/mol. The van der Waals surface area contributed by atoms with Gasteiger partial charge in [-0.1, -0.05) is 49.2 Å². The van der Waals surface area contributed by atoms with Crippen LogP contribution in [0.2, 0.25) is 0 Å². The lowest BCUT2D eigenvalue weighted by molar-refractivity contribution is -0.140. The van der Waals surface area contributed by atoms with Crippen LogP contribution in [0.15, 0.2) is 42.5 Å². The predicted octanol–water partition coefficient (Wildman–Crippen LogP) is 4.49. The number of nitrogens with one attached hydrogen (secondary N) is 1. The van der Waals surface area contributed by atoms with Crippen molar-refractivity contribution in [1.82, 2.24) is 10.2 Å². The van der Waals surface area contributed by atoms with Crippen LogP contribution in [0.25, 0.3) is 0 Å². The zero-order valence-corrected chi connectivity index (χ0v) is 23.3. The Balaban J connectivity index is 2.16. The number of hydrogen-bond donors (Lipinski definition) is 1. The van der Waals surface area contributed by atoms with E-state index in [1.807, 2.05) is 57.2 Å². The summed E-state index contributed by atoms with van der Waals surface area (Å²) in [4.78, 5) is 27.7. The van der Waals surface area contributed by atoms with Crippen LogP contribution >= 0.6 is 0 Å². The van der Waals surface area contributed by atoms with Gasteiger partial charge in [-0.25, -0.2) is 8.42 Å². The van der Waals surface area contributed by atoms with Gasteiger partial charge in [0.05, 0.1) is 11.9 Å². The van der Waals surface area contributed by atoms with Gasteiger partial charge in [0.2, 0.25) is 21.8 Å². The fraction of sp³-hybridized carbons (Fsp3) is 0.500. The summed E-state index contributed by atoms with van der Waals surface area (Å²) in [5, 5.41) is 2.92. The van der Waals surface area contributed by atoms with E-state index in [0.29, 0.717) is 25.2 Å². The van der Waals surface area contributed by atoms with Gasteiger partial charge in [-0.15, -0.1) is 0 Å². The monoisotopic (exact) mass is 515 g/mol. The van der Waals surface area contributed by atoms with Crippen LogP contribution in [-0.2, 0) is 26.2 Å². The quantitative estimate of drug-likeness (QED) is 0.398. The summed E-state index contributed by atoms with van der Waals surface area (Å²) in [5.74, 6) is -0.361. The maximum absolute atomic E-state index is 13.4. The van der Waals surface area contributed by atoms with Gasteiger partial charge in [0.1, 0.15) is 6.04 Å². The van der Waals surface area contributed by atoms with E-state index in [0.717, 1.165) is 35.1 Å². The van der Waals surface area contributed by atoms with Crippen molar-refractivity contribution in [2.24, 2.45) is 0 Å². The molecule has 2 rings (SSSR count). The first kappa shape index (κ1) is 29.4. The smallest absolute Gasteiger partial charge is 0.242 e. The molecule has 1 atom stereocenters. The predicted molar refractivity (Wildman–Crippen MR) is 146 cm³/mol. The van der Waals surface area contributed by atoms with Crippen molar-refractivity contribution in [2.75, 3.05) is 23.7 Å². The van der Waals surface area contributed by atoms with Crippen molar-refractivity contribution < 1.29 is 18.0 Å². The summed E-state index contributed by atoms with van der Waals surface area (Å²) in [5.41, 5.74) is 4.71. The first-order valence-corrected chi connectivity index (χ1v) is 14.5. The molecule has 0 heterocycles. The third-order valence-corrected chi connectivity index (χ3v) is 7.56. The van der Waals surface area contributed by atoms with Gasteiger partial charge in [-0.2, -0.15) is 0 Å². The Morgan fingerprint density at radius 1 is 1.00 bits per heavy atom. The number of unbranched alkanes of at least 4 members (excludes halogenated alkanes) is 1. The van der Waals surface area contributed by atoms with Gasteiger partial charge >= 0.3 is 0 Å². The van der Waals surface area contributed by atoms with Gasteiger partial charge in [0.25, 0.3) is 0 Å². The molecule has 7 nitrogen and oxygen atoms in total. The molecule has 0 unspecified atom stereocenters. The Bertz CT molecular complexity index is 1150. The van der Waals surface area contributed by atoms with E-state index < -0.39 is 16.1 Å². The minimum atomic E-state index is -3.52. The molecule has 0 aliphatic heterocycles.